The monoisotopic (exact) mass is 329 g/mol. The summed E-state index contributed by atoms with van der Waals surface area (Å²) in [7, 11) is 0. The first kappa shape index (κ1) is 16.4. The molecule has 0 bridgehead atoms. The van der Waals surface area contributed by atoms with Crippen LogP contribution in [0, 0.1) is 5.82 Å². The summed E-state index contributed by atoms with van der Waals surface area (Å²) < 4.78 is 50.4. The van der Waals surface area contributed by atoms with E-state index in [9.17, 15) is 22.4 Å². The number of amides is 1. The van der Waals surface area contributed by atoms with Crippen LogP contribution in [-0.2, 0) is 11.0 Å². The summed E-state index contributed by atoms with van der Waals surface area (Å²) in [5.74, 6) is -0.844. The van der Waals surface area contributed by atoms with Crippen LogP contribution in [0.1, 0.15) is 5.56 Å². The predicted molar refractivity (Wildman–Crippen MR) is 77.2 cm³/mol. The minimum absolute atomic E-state index is 0.0430. The zero-order chi connectivity index (χ0) is 16.2. The van der Waals surface area contributed by atoms with Crippen molar-refractivity contribution in [3.63, 3.8) is 0 Å². The van der Waals surface area contributed by atoms with Crippen LogP contribution in [-0.4, -0.2) is 11.7 Å². The van der Waals surface area contributed by atoms with Crippen molar-refractivity contribution in [2.45, 2.75) is 11.1 Å². The van der Waals surface area contributed by atoms with Gasteiger partial charge in [0.2, 0.25) is 5.91 Å². The van der Waals surface area contributed by atoms with E-state index in [-0.39, 0.29) is 11.7 Å². The fourth-order valence-electron chi connectivity index (χ4n) is 1.64. The van der Waals surface area contributed by atoms with Crippen LogP contribution in [0.3, 0.4) is 0 Å². The van der Waals surface area contributed by atoms with E-state index in [2.05, 4.69) is 5.32 Å². The lowest BCUT2D eigenvalue weighted by Crippen LogP contribution is -2.14. The minimum atomic E-state index is -4.41. The normalized spacial score (nSPS) is 11.3. The van der Waals surface area contributed by atoms with E-state index in [4.69, 9.17) is 0 Å². The molecule has 0 aliphatic carbocycles. The third-order valence-corrected chi connectivity index (χ3v) is 3.65. The molecule has 0 aromatic heterocycles. The van der Waals surface area contributed by atoms with E-state index < -0.39 is 17.6 Å². The van der Waals surface area contributed by atoms with Crippen molar-refractivity contribution in [2.75, 3.05) is 11.1 Å². The number of anilines is 1. The summed E-state index contributed by atoms with van der Waals surface area (Å²) >= 11 is 0.995. The standard InChI is InChI=1S/C15H11F4NOS/c16-11-4-6-12(7-5-11)20-14(21)9-22-13-3-1-2-10(8-13)15(17,18)19/h1-8H,9H2,(H,20,21). The highest BCUT2D eigenvalue weighted by Crippen LogP contribution is 2.31. The average molecular weight is 329 g/mol. The van der Waals surface area contributed by atoms with Gasteiger partial charge in [-0.2, -0.15) is 13.2 Å². The molecule has 0 aliphatic heterocycles. The van der Waals surface area contributed by atoms with Gasteiger partial charge >= 0.3 is 6.18 Å². The number of carbonyl (C=O) groups excluding carboxylic acids is 1. The van der Waals surface area contributed by atoms with Crippen LogP contribution in [0.15, 0.2) is 53.4 Å². The Morgan fingerprint density at radius 3 is 2.41 bits per heavy atom. The molecule has 0 fully saturated rings. The highest BCUT2D eigenvalue weighted by Gasteiger charge is 2.30. The number of thioether (sulfide) groups is 1. The number of alkyl halides is 3. The number of halogens is 4. The van der Waals surface area contributed by atoms with Crippen LogP contribution in [0.5, 0.6) is 0 Å². The Hall–Kier alpha value is -2.02. The molecule has 116 valence electrons. The number of hydrogen-bond donors (Lipinski definition) is 1. The van der Waals surface area contributed by atoms with Crippen molar-refractivity contribution in [3.05, 3.63) is 59.9 Å². The summed E-state index contributed by atoms with van der Waals surface area (Å²) in [6.45, 7) is 0. The van der Waals surface area contributed by atoms with Gasteiger partial charge in [0.25, 0.3) is 0 Å². The average Bonchev–Trinajstić information content (AvgIpc) is 2.47. The summed E-state index contributed by atoms with van der Waals surface area (Å²) in [4.78, 5) is 12.1. The molecule has 0 saturated heterocycles. The third kappa shape index (κ3) is 4.77. The van der Waals surface area contributed by atoms with Crippen molar-refractivity contribution in [1.82, 2.24) is 0 Å². The van der Waals surface area contributed by atoms with E-state index in [1.807, 2.05) is 0 Å². The SMILES string of the molecule is O=C(CSc1cccc(C(F)(F)F)c1)Nc1ccc(F)cc1. The quantitative estimate of drug-likeness (QED) is 0.657. The van der Waals surface area contributed by atoms with Crippen LogP contribution in [0.25, 0.3) is 0 Å². The van der Waals surface area contributed by atoms with Crippen LogP contribution in [0.2, 0.25) is 0 Å². The molecule has 2 nitrogen and oxygen atoms in total. The molecule has 2 aromatic rings. The first-order chi connectivity index (χ1) is 10.3. The van der Waals surface area contributed by atoms with E-state index in [1.165, 1.54) is 36.4 Å². The Labute approximate surface area is 128 Å². The van der Waals surface area contributed by atoms with Crippen molar-refractivity contribution >= 4 is 23.4 Å². The predicted octanol–water partition coefficient (Wildman–Crippen LogP) is 4.58. The molecule has 7 heteroatoms. The van der Waals surface area contributed by atoms with E-state index in [0.29, 0.717) is 10.6 Å². The Bertz CT molecular complexity index is 655. The van der Waals surface area contributed by atoms with Gasteiger partial charge in [0.05, 0.1) is 11.3 Å². The highest BCUT2D eigenvalue weighted by atomic mass is 32.2. The lowest BCUT2D eigenvalue weighted by atomic mass is 10.2. The lowest BCUT2D eigenvalue weighted by Gasteiger charge is -2.08. The van der Waals surface area contributed by atoms with Crippen LogP contribution in [0.4, 0.5) is 23.2 Å². The first-order valence-electron chi connectivity index (χ1n) is 6.20. The molecule has 2 rings (SSSR count). The van der Waals surface area contributed by atoms with E-state index >= 15 is 0 Å². The molecular formula is C15H11F4NOS. The topological polar surface area (TPSA) is 29.1 Å². The molecule has 0 unspecified atom stereocenters. The molecule has 0 atom stereocenters. The van der Waals surface area contributed by atoms with Gasteiger partial charge < -0.3 is 5.32 Å². The molecule has 0 spiro atoms. The van der Waals surface area contributed by atoms with Gasteiger partial charge in [-0.3, -0.25) is 4.79 Å². The molecule has 0 radical (unpaired) electrons. The molecule has 1 amide bonds. The second-order valence-electron chi connectivity index (χ2n) is 4.37. The van der Waals surface area contributed by atoms with Crippen molar-refractivity contribution < 1.29 is 22.4 Å². The van der Waals surface area contributed by atoms with Gasteiger partial charge in [0.15, 0.2) is 0 Å². The summed E-state index contributed by atoms with van der Waals surface area (Å²) in [5.41, 5.74) is -0.326. The molecule has 1 N–H and O–H groups in total. The molecule has 0 heterocycles. The molecule has 2 aromatic carbocycles. The maximum Gasteiger partial charge on any atom is 0.416 e. The molecule has 0 aliphatic rings. The molecular weight excluding hydrogens is 318 g/mol. The number of carbonyl (C=O) groups is 1. The zero-order valence-electron chi connectivity index (χ0n) is 11.2. The van der Waals surface area contributed by atoms with Crippen molar-refractivity contribution in [1.29, 1.82) is 0 Å². The van der Waals surface area contributed by atoms with E-state index in [0.717, 1.165) is 23.9 Å². The Morgan fingerprint density at radius 2 is 1.77 bits per heavy atom. The smallest absolute Gasteiger partial charge is 0.325 e. The second kappa shape index (κ2) is 6.83. The number of rotatable bonds is 4. The number of benzene rings is 2. The molecule has 0 saturated carbocycles. The highest BCUT2D eigenvalue weighted by molar-refractivity contribution is 8.00. The minimum Gasteiger partial charge on any atom is -0.325 e. The zero-order valence-corrected chi connectivity index (χ0v) is 12.0. The molecule has 22 heavy (non-hydrogen) atoms. The Kier molecular flexibility index (Phi) is 5.07. The van der Waals surface area contributed by atoms with Gasteiger partial charge in [-0.25, -0.2) is 4.39 Å². The Morgan fingerprint density at radius 1 is 1.09 bits per heavy atom. The van der Waals surface area contributed by atoms with Gasteiger partial charge in [0.1, 0.15) is 5.82 Å². The summed E-state index contributed by atoms with van der Waals surface area (Å²) in [6, 6.07) is 9.99. The fraction of sp³-hybridized carbons (Fsp3) is 0.133. The Balaban J connectivity index is 1.92. The third-order valence-electron chi connectivity index (χ3n) is 2.66. The van der Waals surface area contributed by atoms with Gasteiger partial charge in [-0.1, -0.05) is 6.07 Å². The van der Waals surface area contributed by atoms with Crippen molar-refractivity contribution in [2.24, 2.45) is 0 Å². The van der Waals surface area contributed by atoms with Crippen molar-refractivity contribution in [3.8, 4) is 0 Å². The maximum absolute atomic E-state index is 12.7. The van der Waals surface area contributed by atoms with Gasteiger partial charge in [0, 0.05) is 10.6 Å². The summed E-state index contributed by atoms with van der Waals surface area (Å²) in [6.07, 6.45) is -4.41. The summed E-state index contributed by atoms with van der Waals surface area (Å²) in [5, 5.41) is 2.54. The van der Waals surface area contributed by atoms with Crippen LogP contribution < -0.4 is 5.32 Å². The lowest BCUT2D eigenvalue weighted by molar-refractivity contribution is -0.137. The first-order valence-corrected chi connectivity index (χ1v) is 7.18. The number of nitrogens with one attached hydrogen (secondary N) is 1. The second-order valence-corrected chi connectivity index (χ2v) is 5.42. The maximum atomic E-state index is 12.7. The van der Waals surface area contributed by atoms with Gasteiger partial charge in [-0.05, 0) is 42.5 Å². The largest absolute Gasteiger partial charge is 0.416 e. The van der Waals surface area contributed by atoms with E-state index in [1.54, 1.807) is 0 Å². The van der Waals surface area contributed by atoms with Crippen LogP contribution >= 0.6 is 11.8 Å². The number of hydrogen-bond acceptors (Lipinski definition) is 2. The van der Waals surface area contributed by atoms with Gasteiger partial charge in [-0.15, -0.1) is 11.8 Å². The fourth-order valence-corrected chi connectivity index (χ4v) is 2.40.